The molecule has 126 valence electrons. The zero-order chi connectivity index (χ0) is 17.7. The van der Waals surface area contributed by atoms with Crippen LogP contribution in [0, 0.1) is 11.6 Å². The van der Waals surface area contributed by atoms with Crippen LogP contribution in [0.15, 0.2) is 42.5 Å². The van der Waals surface area contributed by atoms with E-state index in [0.717, 1.165) is 12.1 Å². The van der Waals surface area contributed by atoms with Crippen LogP contribution in [0.5, 0.6) is 5.75 Å². The number of hydrogen-bond donors (Lipinski definition) is 2. The summed E-state index contributed by atoms with van der Waals surface area (Å²) in [5.74, 6) is -2.31. The summed E-state index contributed by atoms with van der Waals surface area (Å²) in [6.07, 6.45) is -0.857. The first-order chi connectivity index (χ1) is 11.3. The molecule has 0 aliphatic carbocycles. The molecule has 5 nitrogen and oxygen atoms in total. The van der Waals surface area contributed by atoms with Crippen LogP contribution in [-0.4, -0.2) is 17.9 Å². The molecule has 0 fully saturated rings. The topological polar surface area (TPSA) is 67.4 Å². The van der Waals surface area contributed by atoms with Gasteiger partial charge >= 0.3 is 0 Å². The molecule has 0 radical (unpaired) electrons. The molecule has 2 rings (SSSR count). The zero-order valence-corrected chi connectivity index (χ0v) is 13.1. The number of amides is 2. The maximum atomic E-state index is 13.1. The minimum Gasteiger partial charge on any atom is -0.481 e. The molecule has 0 aliphatic rings. The van der Waals surface area contributed by atoms with E-state index in [0.29, 0.717) is 11.4 Å². The van der Waals surface area contributed by atoms with E-state index < -0.39 is 23.6 Å². The Balaban J connectivity index is 1.95. The molecule has 0 aliphatic heterocycles. The molecule has 1 atom stereocenters. The number of anilines is 2. The fourth-order valence-electron chi connectivity index (χ4n) is 1.90. The van der Waals surface area contributed by atoms with Gasteiger partial charge < -0.3 is 15.4 Å². The van der Waals surface area contributed by atoms with E-state index in [1.165, 1.54) is 19.9 Å². The largest absolute Gasteiger partial charge is 0.481 e. The van der Waals surface area contributed by atoms with Gasteiger partial charge in [-0.25, -0.2) is 8.78 Å². The van der Waals surface area contributed by atoms with Gasteiger partial charge in [0.05, 0.1) is 0 Å². The van der Waals surface area contributed by atoms with Gasteiger partial charge in [-0.15, -0.1) is 0 Å². The maximum absolute atomic E-state index is 13.1. The minimum absolute atomic E-state index is 0.135. The summed E-state index contributed by atoms with van der Waals surface area (Å²) in [6, 6.07) is 9.55. The summed E-state index contributed by atoms with van der Waals surface area (Å²) in [5, 5.41) is 5.05. The van der Waals surface area contributed by atoms with Gasteiger partial charge in [-0.05, 0) is 43.3 Å². The first-order valence-corrected chi connectivity index (χ1v) is 7.15. The Morgan fingerprint density at radius 3 is 2.17 bits per heavy atom. The second-order valence-electron chi connectivity index (χ2n) is 5.08. The second kappa shape index (κ2) is 7.54. The fraction of sp³-hybridized carbons (Fsp3) is 0.176. The summed E-state index contributed by atoms with van der Waals surface area (Å²) in [6.45, 7) is 2.92. The smallest absolute Gasteiger partial charge is 0.265 e. The Bertz CT molecular complexity index is 748. The van der Waals surface area contributed by atoms with Crippen molar-refractivity contribution in [3.8, 4) is 5.75 Å². The normalized spacial score (nSPS) is 11.5. The monoisotopic (exact) mass is 334 g/mol. The summed E-state index contributed by atoms with van der Waals surface area (Å²) in [5.41, 5.74) is 0.740. The van der Waals surface area contributed by atoms with Crippen LogP contribution in [-0.2, 0) is 9.59 Å². The molecule has 0 heterocycles. The average Bonchev–Trinajstić information content (AvgIpc) is 2.52. The molecule has 24 heavy (non-hydrogen) atoms. The van der Waals surface area contributed by atoms with Crippen molar-refractivity contribution in [2.75, 3.05) is 10.6 Å². The van der Waals surface area contributed by atoms with Gasteiger partial charge in [0, 0.05) is 24.4 Å². The van der Waals surface area contributed by atoms with Crippen molar-refractivity contribution in [2.45, 2.75) is 20.0 Å². The van der Waals surface area contributed by atoms with Crippen LogP contribution < -0.4 is 15.4 Å². The molecule has 0 saturated carbocycles. The highest BCUT2D eigenvalue weighted by molar-refractivity contribution is 5.94. The van der Waals surface area contributed by atoms with Crippen molar-refractivity contribution in [1.29, 1.82) is 0 Å². The van der Waals surface area contributed by atoms with Crippen LogP contribution in [0.4, 0.5) is 20.2 Å². The van der Waals surface area contributed by atoms with Crippen LogP contribution in [0.25, 0.3) is 0 Å². The van der Waals surface area contributed by atoms with Gasteiger partial charge in [0.2, 0.25) is 5.91 Å². The van der Waals surface area contributed by atoms with E-state index in [9.17, 15) is 18.4 Å². The van der Waals surface area contributed by atoms with Crippen molar-refractivity contribution in [3.63, 3.8) is 0 Å². The highest BCUT2D eigenvalue weighted by Gasteiger charge is 2.15. The number of hydrogen-bond acceptors (Lipinski definition) is 3. The quantitative estimate of drug-likeness (QED) is 0.881. The van der Waals surface area contributed by atoms with Crippen molar-refractivity contribution in [3.05, 3.63) is 54.1 Å². The molecule has 1 unspecified atom stereocenters. The SMILES string of the molecule is CC(=O)Nc1ccc(OC(C)C(=O)Nc2ccc(F)c(F)c2)cc1. The molecule has 0 bridgehead atoms. The molecule has 2 N–H and O–H groups in total. The second-order valence-corrected chi connectivity index (χ2v) is 5.08. The molecule has 0 spiro atoms. The van der Waals surface area contributed by atoms with E-state index >= 15 is 0 Å². The van der Waals surface area contributed by atoms with Crippen LogP contribution in [0.3, 0.4) is 0 Å². The number of rotatable bonds is 5. The lowest BCUT2D eigenvalue weighted by Gasteiger charge is -2.15. The Labute approximate surface area is 137 Å². The highest BCUT2D eigenvalue weighted by atomic mass is 19.2. The van der Waals surface area contributed by atoms with Gasteiger partial charge in [-0.1, -0.05) is 0 Å². The van der Waals surface area contributed by atoms with Gasteiger partial charge in [0.15, 0.2) is 17.7 Å². The molecular formula is C17H16F2N2O3. The highest BCUT2D eigenvalue weighted by Crippen LogP contribution is 2.18. The first kappa shape index (κ1) is 17.4. The number of ether oxygens (including phenoxy) is 1. The zero-order valence-electron chi connectivity index (χ0n) is 13.1. The van der Waals surface area contributed by atoms with E-state index in [4.69, 9.17) is 4.74 Å². The minimum atomic E-state index is -1.05. The number of carbonyl (C=O) groups excluding carboxylic acids is 2. The lowest BCUT2D eigenvalue weighted by molar-refractivity contribution is -0.122. The molecule has 7 heteroatoms. The first-order valence-electron chi connectivity index (χ1n) is 7.15. The van der Waals surface area contributed by atoms with E-state index in [-0.39, 0.29) is 11.6 Å². The third-order valence-electron chi connectivity index (χ3n) is 3.04. The van der Waals surface area contributed by atoms with Gasteiger partial charge in [-0.3, -0.25) is 9.59 Å². The molecule has 2 amide bonds. The summed E-state index contributed by atoms with van der Waals surface area (Å²) in [4.78, 5) is 23.0. The predicted molar refractivity (Wildman–Crippen MR) is 85.8 cm³/mol. The third kappa shape index (κ3) is 4.77. The van der Waals surface area contributed by atoms with E-state index in [2.05, 4.69) is 10.6 Å². The molecule has 0 saturated heterocycles. The molecule has 2 aromatic carbocycles. The van der Waals surface area contributed by atoms with Crippen molar-refractivity contribution >= 4 is 23.2 Å². The molecular weight excluding hydrogens is 318 g/mol. The lowest BCUT2D eigenvalue weighted by atomic mass is 10.2. The van der Waals surface area contributed by atoms with Crippen LogP contribution in [0.1, 0.15) is 13.8 Å². The van der Waals surface area contributed by atoms with Crippen molar-refractivity contribution in [1.82, 2.24) is 0 Å². The number of nitrogens with one attached hydrogen (secondary N) is 2. The van der Waals surface area contributed by atoms with E-state index in [1.54, 1.807) is 24.3 Å². The summed E-state index contributed by atoms with van der Waals surface area (Å²) >= 11 is 0. The van der Waals surface area contributed by atoms with Crippen molar-refractivity contribution < 1.29 is 23.1 Å². The molecule has 2 aromatic rings. The number of benzene rings is 2. The average molecular weight is 334 g/mol. The Hall–Kier alpha value is -2.96. The standard InChI is InChI=1S/C17H16F2N2O3/c1-10(17(23)21-13-5-8-15(18)16(19)9-13)24-14-6-3-12(4-7-14)20-11(2)22/h3-10H,1-2H3,(H,20,22)(H,21,23). The fourth-order valence-corrected chi connectivity index (χ4v) is 1.90. The van der Waals surface area contributed by atoms with Crippen molar-refractivity contribution in [2.24, 2.45) is 0 Å². The van der Waals surface area contributed by atoms with Gasteiger partial charge in [0.1, 0.15) is 5.75 Å². The van der Waals surface area contributed by atoms with E-state index in [1.807, 2.05) is 0 Å². The third-order valence-corrected chi connectivity index (χ3v) is 3.04. The van der Waals surface area contributed by atoms with Crippen LogP contribution >= 0.6 is 0 Å². The Kier molecular flexibility index (Phi) is 5.47. The number of halogens is 2. The van der Waals surface area contributed by atoms with Crippen LogP contribution in [0.2, 0.25) is 0 Å². The lowest BCUT2D eigenvalue weighted by Crippen LogP contribution is -2.30. The van der Waals surface area contributed by atoms with Gasteiger partial charge in [0.25, 0.3) is 5.91 Å². The molecule has 0 aromatic heterocycles. The summed E-state index contributed by atoms with van der Waals surface area (Å²) < 4.78 is 31.4. The maximum Gasteiger partial charge on any atom is 0.265 e. The predicted octanol–water partition coefficient (Wildman–Crippen LogP) is 3.33. The Morgan fingerprint density at radius 2 is 1.58 bits per heavy atom. The van der Waals surface area contributed by atoms with Gasteiger partial charge in [-0.2, -0.15) is 0 Å². The number of carbonyl (C=O) groups is 2. The Morgan fingerprint density at radius 1 is 0.958 bits per heavy atom. The summed E-state index contributed by atoms with van der Waals surface area (Å²) in [7, 11) is 0.